The van der Waals surface area contributed by atoms with Crippen molar-refractivity contribution in [3.05, 3.63) is 65.5 Å². The van der Waals surface area contributed by atoms with E-state index in [1.165, 1.54) is 23.9 Å². The molecule has 1 N–H and O–H groups in total. The number of nitrogens with one attached hydrogen (secondary N) is 1. The van der Waals surface area contributed by atoms with Crippen LogP contribution in [-0.4, -0.2) is 26.1 Å². The lowest BCUT2D eigenvalue weighted by Crippen LogP contribution is -2.14. The Hall–Kier alpha value is -3.02. The molecule has 0 aliphatic heterocycles. The van der Waals surface area contributed by atoms with Gasteiger partial charge in [0.25, 0.3) is 0 Å². The summed E-state index contributed by atoms with van der Waals surface area (Å²) in [5.74, 6) is -0.0110. The lowest BCUT2D eigenvalue weighted by atomic mass is 10.0. The number of aromatic nitrogens is 4. The first-order chi connectivity index (χ1) is 11.8. The smallest absolute Gasteiger partial charge is 0.228 e. The molecule has 2 aromatic carbocycles. The molecule has 6 nitrogen and oxygen atoms in total. The van der Waals surface area contributed by atoms with E-state index >= 15 is 0 Å². The maximum absolute atomic E-state index is 12.2. The summed E-state index contributed by atoms with van der Waals surface area (Å²) < 4.78 is 1.57. The van der Waals surface area contributed by atoms with Crippen molar-refractivity contribution in [2.75, 3.05) is 5.32 Å². The summed E-state index contributed by atoms with van der Waals surface area (Å²) in [6.07, 6.45) is 5.43. The molecule has 0 fully saturated rings. The third-order valence-electron chi connectivity index (χ3n) is 4.29. The van der Waals surface area contributed by atoms with Crippen molar-refractivity contribution < 1.29 is 4.79 Å². The van der Waals surface area contributed by atoms with Gasteiger partial charge in [0.15, 0.2) is 0 Å². The Kier molecular flexibility index (Phi) is 3.78. The van der Waals surface area contributed by atoms with Gasteiger partial charge in [0.05, 0.1) is 12.1 Å². The van der Waals surface area contributed by atoms with E-state index in [4.69, 9.17) is 0 Å². The highest BCUT2D eigenvalue weighted by molar-refractivity contribution is 5.92. The maximum Gasteiger partial charge on any atom is 0.228 e. The number of benzene rings is 2. The van der Waals surface area contributed by atoms with Gasteiger partial charge < -0.3 is 5.32 Å². The maximum atomic E-state index is 12.2. The Bertz CT molecular complexity index is 856. The van der Waals surface area contributed by atoms with Gasteiger partial charge in [-0.05, 0) is 70.6 Å². The lowest BCUT2D eigenvalue weighted by molar-refractivity contribution is -0.115. The largest absolute Gasteiger partial charge is 0.326 e. The molecule has 24 heavy (non-hydrogen) atoms. The second kappa shape index (κ2) is 6.23. The second-order valence-corrected chi connectivity index (χ2v) is 5.98. The number of hydrogen-bond acceptors (Lipinski definition) is 4. The predicted molar refractivity (Wildman–Crippen MR) is 90.0 cm³/mol. The van der Waals surface area contributed by atoms with Crippen LogP contribution in [0, 0.1) is 0 Å². The van der Waals surface area contributed by atoms with Crippen LogP contribution in [0.4, 0.5) is 5.69 Å². The topological polar surface area (TPSA) is 72.7 Å². The second-order valence-electron chi connectivity index (χ2n) is 5.98. The first kappa shape index (κ1) is 14.6. The summed E-state index contributed by atoms with van der Waals surface area (Å²) in [6.45, 7) is 0. The van der Waals surface area contributed by atoms with Crippen molar-refractivity contribution >= 4 is 11.6 Å². The number of anilines is 1. The molecule has 1 heterocycles. The zero-order valence-corrected chi connectivity index (χ0v) is 13.1. The zero-order valence-electron chi connectivity index (χ0n) is 13.1. The normalized spacial score (nSPS) is 12.8. The van der Waals surface area contributed by atoms with E-state index in [-0.39, 0.29) is 5.91 Å². The van der Waals surface area contributed by atoms with Gasteiger partial charge in [-0.15, -0.1) is 5.10 Å². The average molecular weight is 319 g/mol. The van der Waals surface area contributed by atoms with E-state index in [9.17, 15) is 4.79 Å². The van der Waals surface area contributed by atoms with Crippen LogP contribution in [0.15, 0.2) is 48.8 Å². The van der Waals surface area contributed by atoms with Crippen molar-refractivity contribution in [2.24, 2.45) is 0 Å². The van der Waals surface area contributed by atoms with E-state index in [0.717, 1.165) is 29.8 Å². The summed E-state index contributed by atoms with van der Waals surface area (Å²) in [6, 6.07) is 13.8. The Balaban J connectivity index is 1.41. The molecule has 0 saturated heterocycles. The van der Waals surface area contributed by atoms with E-state index in [0.29, 0.717) is 6.42 Å². The molecule has 3 aromatic rings. The molecule has 0 radical (unpaired) electrons. The molecule has 0 spiro atoms. The predicted octanol–water partition coefficient (Wildman–Crippen LogP) is 2.33. The molecule has 1 aromatic heterocycles. The van der Waals surface area contributed by atoms with E-state index in [1.807, 2.05) is 24.3 Å². The first-order valence-corrected chi connectivity index (χ1v) is 8.02. The van der Waals surface area contributed by atoms with Crippen LogP contribution in [0.2, 0.25) is 0 Å². The first-order valence-electron chi connectivity index (χ1n) is 8.02. The number of tetrazole rings is 1. The van der Waals surface area contributed by atoms with Gasteiger partial charge in [0, 0.05) is 5.69 Å². The van der Waals surface area contributed by atoms with Crippen LogP contribution < -0.4 is 5.32 Å². The molecule has 0 bridgehead atoms. The fraction of sp³-hybridized carbons (Fsp3) is 0.222. The van der Waals surface area contributed by atoms with Crippen LogP contribution in [0.25, 0.3) is 5.69 Å². The zero-order chi connectivity index (χ0) is 16.4. The van der Waals surface area contributed by atoms with Gasteiger partial charge >= 0.3 is 0 Å². The SMILES string of the molecule is O=C(Cc1ccc2c(c1)CCC2)Nc1ccc(-n2cnnn2)cc1. The molecule has 0 unspecified atom stereocenters. The number of rotatable bonds is 4. The number of carbonyl (C=O) groups is 1. The molecule has 4 rings (SSSR count). The van der Waals surface area contributed by atoms with E-state index in [1.54, 1.807) is 4.68 Å². The third kappa shape index (κ3) is 3.03. The van der Waals surface area contributed by atoms with Crippen LogP contribution in [0.1, 0.15) is 23.1 Å². The van der Waals surface area contributed by atoms with Crippen molar-refractivity contribution in [3.63, 3.8) is 0 Å². The monoisotopic (exact) mass is 319 g/mol. The van der Waals surface area contributed by atoms with Crippen LogP contribution in [0.3, 0.4) is 0 Å². The Morgan fingerprint density at radius 1 is 1.08 bits per heavy atom. The number of aryl methyl sites for hydroxylation is 2. The number of fused-ring (bicyclic) bond motifs is 1. The summed E-state index contributed by atoms with van der Waals surface area (Å²) >= 11 is 0. The molecule has 1 aliphatic carbocycles. The molecule has 1 aliphatic rings. The van der Waals surface area contributed by atoms with Gasteiger partial charge in [-0.25, -0.2) is 4.68 Å². The molecule has 1 amide bonds. The number of carbonyl (C=O) groups excluding carboxylic acids is 1. The molecule has 6 heteroatoms. The Labute approximate surface area is 139 Å². The van der Waals surface area contributed by atoms with Gasteiger partial charge in [0.1, 0.15) is 6.33 Å². The van der Waals surface area contributed by atoms with Crippen LogP contribution >= 0.6 is 0 Å². The standard InChI is InChI=1S/C18H17N5O/c24-18(11-13-4-5-14-2-1-3-15(14)10-13)20-16-6-8-17(9-7-16)23-12-19-21-22-23/h4-10,12H,1-3,11H2,(H,20,24). The summed E-state index contributed by atoms with van der Waals surface area (Å²) in [4.78, 5) is 12.2. The number of hydrogen-bond donors (Lipinski definition) is 1. The van der Waals surface area contributed by atoms with Crippen molar-refractivity contribution in [2.45, 2.75) is 25.7 Å². The third-order valence-corrected chi connectivity index (χ3v) is 4.29. The van der Waals surface area contributed by atoms with Gasteiger partial charge in [-0.1, -0.05) is 18.2 Å². The minimum Gasteiger partial charge on any atom is -0.326 e. The highest BCUT2D eigenvalue weighted by Crippen LogP contribution is 2.23. The van der Waals surface area contributed by atoms with Crippen molar-refractivity contribution in [1.29, 1.82) is 0 Å². The lowest BCUT2D eigenvalue weighted by Gasteiger charge is -2.08. The minimum atomic E-state index is -0.0110. The minimum absolute atomic E-state index is 0.0110. The summed E-state index contributed by atoms with van der Waals surface area (Å²) in [5.41, 5.74) is 5.50. The molecule has 120 valence electrons. The molecule has 0 saturated carbocycles. The van der Waals surface area contributed by atoms with Gasteiger partial charge in [0.2, 0.25) is 5.91 Å². The molecular weight excluding hydrogens is 302 g/mol. The summed E-state index contributed by atoms with van der Waals surface area (Å²) in [7, 11) is 0. The van der Waals surface area contributed by atoms with Gasteiger partial charge in [-0.3, -0.25) is 4.79 Å². The highest BCUT2D eigenvalue weighted by Gasteiger charge is 2.12. The average Bonchev–Trinajstić information content (AvgIpc) is 3.26. The van der Waals surface area contributed by atoms with E-state index < -0.39 is 0 Å². The fourth-order valence-electron chi connectivity index (χ4n) is 3.10. The number of amides is 1. The molecular formula is C18H17N5O. The summed E-state index contributed by atoms with van der Waals surface area (Å²) in [5, 5.41) is 14.0. The Morgan fingerprint density at radius 3 is 2.71 bits per heavy atom. The number of nitrogens with zero attached hydrogens (tertiary/aromatic N) is 4. The van der Waals surface area contributed by atoms with Crippen LogP contribution in [0.5, 0.6) is 0 Å². The van der Waals surface area contributed by atoms with E-state index in [2.05, 4.69) is 39.0 Å². The quantitative estimate of drug-likeness (QED) is 0.801. The molecule has 0 atom stereocenters. The fourth-order valence-corrected chi connectivity index (χ4v) is 3.10. The van der Waals surface area contributed by atoms with Gasteiger partial charge in [-0.2, -0.15) is 0 Å². The highest BCUT2D eigenvalue weighted by atomic mass is 16.1. The van der Waals surface area contributed by atoms with Crippen molar-refractivity contribution in [3.8, 4) is 5.69 Å². The Morgan fingerprint density at radius 2 is 1.92 bits per heavy atom. The van der Waals surface area contributed by atoms with Crippen molar-refractivity contribution in [1.82, 2.24) is 20.2 Å². The van der Waals surface area contributed by atoms with Crippen LogP contribution in [-0.2, 0) is 24.1 Å².